The van der Waals surface area contributed by atoms with Crippen molar-refractivity contribution in [3.05, 3.63) is 0 Å². The fraction of sp³-hybridized carbons (Fsp3) is 0.867. The lowest BCUT2D eigenvalue weighted by Crippen LogP contribution is -2.45. The average molecular weight is 297 g/mol. The van der Waals surface area contributed by atoms with Crippen LogP contribution in [0.4, 0.5) is 0 Å². The summed E-state index contributed by atoms with van der Waals surface area (Å²) >= 11 is 0. The third kappa shape index (κ3) is 4.68. The first-order chi connectivity index (χ1) is 9.95. The van der Waals surface area contributed by atoms with E-state index in [1.807, 2.05) is 0 Å². The second-order valence-corrected chi connectivity index (χ2v) is 6.42. The second-order valence-electron chi connectivity index (χ2n) is 6.42. The summed E-state index contributed by atoms with van der Waals surface area (Å²) in [5.74, 6) is 0.767. The third-order valence-corrected chi connectivity index (χ3v) is 4.54. The number of β-amino-alcohol motifs (C(OH)–C–C–N with tert-alkyl or cyclic N) is 1. The van der Waals surface area contributed by atoms with E-state index in [-0.39, 0.29) is 11.8 Å². The highest BCUT2D eigenvalue weighted by molar-refractivity contribution is 5.78. The Labute approximate surface area is 126 Å². The van der Waals surface area contributed by atoms with Crippen molar-refractivity contribution in [3.8, 4) is 0 Å². The van der Waals surface area contributed by atoms with E-state index in [0.29, 0.717) is 32.7 Å². The molecule has 2 fully saturated rings. The molecule has 2 amide bonds. The molecule has 2 aliphatic rings. The van der Waals surface area contributed by atoms with Gasteiger partial charge < -0.3 is 14.9 Å². The second kappa shape index (κ2) is 7.22. The summed E-state index contributed by atoms with van der Waals surface area (Å²) in [7, 11) is 0. The number of hydrogen-bond acceptors (Lipinski definition) is 4. The topological polar surface area (TPSA) is 64.1 Å². The number of aliphatic hydroxyl groups excluding tert-OH is 1. The van der Waals surface area contributed by atoms with Crippen molar-refractivity contribution >= 4 is 11.8 Å². The maximum atomic E-state index is 12.4. The molecular formula is C15H27N3O3. The van der Waals surface area contributed by atoms with Gasteiger partial charge in [-0.05, 0) is 31.8 Å². The number of aliphatic hydroxyl groups is 1. The Morgan fingerprint density at radius 2 is 1.62 bits per heavy atom. The number of carbonyl (C=O) groups excluding carboxylic acids is 2. The van der Waals surface area contributed by atoms with Crippen LogP contribution in [-0.4, -0.2) is 83.5 Å². The monoisotopic (exact) mass is 297 g/mol. The number of piperidine rings is 1. The lowest BCUT2D eigenvalue weighted by molar-refractivity contribution is -0.134. The lowest BCUT2D eigenvalue weighted by Gasteiger charge is -2.31. The minimum atomic E-state index is -0.651. The van der Waals surface area contributed by atoms with Crippen LogP contribution in [-0.2, 0) is 9.59 Å². The summed E-state index contributed by atoms with van der Waals surface area (Å²) < 4.78 is 0. The Kier molecular flexibility index (Phi) is 5.58. The number of rotatable bonds is 2. The molecule has 0 spiro atoms. The zero-order chi connectivity index (χ0) is 15.4. The molecule has 0 aromatic heterocycles. The molecule has 2 aliphatic heterocycles. The molecule has 0 bridgehead atoms. The van der Waals surface area contributed by atoms with Crippen LogP contribution in [0.3, 0.4) is 0 Å². The van der Waals surface area contributed by atoms with Gasteiger partial charge in [-0.3, -0.25) is 14.5 Å². The van der Waals surface area contributed by atoms with Gasteiger partial charge in [0.05, 0.1) is 12.6 Å². The molecule has 0 aromatic carbocycles. The van der Waals surface area contributed by atoms with E-state index in [4.69, 9.17) is 0 Å². The summed E-state index contributed by atoms with van der Waals surface area (Å²) in [6.07, 6.45) is 1.64. The predicted molar refractivity (Wildman–Crippen MR) is 79.7 cm³/mol. The zero-order valence-corrected chi connectivity index (χ0v) is 13.1. The summed E-state index contributed by atoms with van der Waals surface area (Å²) in [6.45, 7) is 7.80. The first kappa shape index (κ1) is 16.2. The molecule has 0 radical (unpaired) electrons. The molecule has 0 aromatic rings. The van der Waals surface area contributed by atoms with Gasteiger partial charge in [0, 0.05) is 33.1 Å². The van der Waals surface area contributed by atoms with Crippen molar-refractivity contribution in [2.45, 2.75) is 32.8 Å². The fourth-order valence-corrected chi connectivity index (χ4v) is 3.01. The minimum absolute atomic E-state index is 0.0478. The molecule has 0 saturated carbocycles. The van der Waals surface area contributed by atoms with E-state index in [2.05, 4.69) is 11.8 Å². The lowest BCUT2D eigenvalue weighted by atomic mass is 9.99. The van der Waals surface area contributed by atoms with Crippen molar-refractivity contribution in [1.29, 1.82) is 0 Å². The first-order valence-electron chi connectivity index (χ1n) is 7.89. The van der Waals surface area contributed by atoms with Crippen molar-refractivity contribution in [3.63, 3.8) is 0 Å². The maximum Gasteiger partial charge on any atom is 0.236 e. The van der Waals surface area contributed by atoms with Crippen molar-refractivity contribution in [2.75, 3.05) is 45.8 Å². The quantitative estimate of drug-likeness (QED) is 0.765. The normalized spacial score (nSPS) is 25.8. The molecule has 1 N–H and O–H groups in total. The van der Waals surface area contributed by atoms with Crippen LogP contribution in [0.1, 0.15) is 26.7 Å². The summed E-state index contributed by atoms with van der Waals surface area (Å²) in [5.41, 5.74) is 0. The van der Waals surface area contributed by atoms with Crippen molar-refractivity contribution in [2.24, 2.45) is 5.92 Å². The van der Waals surface area contributed by atoms with Crippen LogP contribution in [0.5, 0.6) is 0 Å². The number of likely N-dealkylation sites (tertiary alicyclic amines) is 1. The van der Waals surface area contributed by atoms with Gasteiger partial charge in [-0.2, -0.15) is 0 Å². The molecule has 2 heterocycles. The van der Waals surface area contributed by atoms with Crippen LogP contribution >= 0.6 is 0 Å². The highest BCUT2D eigenvalue weighted by Gasteiger charge is 2.27. The first-order valence-corrected chi connectivity index (χ1v) is 7.89. The summed E-state index contributed by atoms with van der Waals surface area (Å²) in [6, 6.07) is 0. The van der Waals surface area contributed by atoms with E-state index in [9.17, 15) is 14.7 Å². The largest absolute Gasteiger partial charge is 0.389 e. The van der Waals surface area contributed by atoms with Crippen LogP contribution in [0.25, 0.3) is 0 Å². The average Bonchev–Trinajstić information content (AvgIpc) is 2.63. The van der Waals surface area contributed by atoms with Gasteiger partial charge in [-0.25, -0.2) is 0 Å². The fourth-order valence-electron chi connectivity index (χ4n) is 3.01. The number of amides is 2. The van der Waals surface area contributed by atoms with Gasteiger partial charge in [0.25, 0.3) is 0 Å². The Bertz CT molecular complexity index is 380. The molecule has 1 atom stereocenters. The standard InChI is InChI=1S/C15H27N3O3/c1-12-3-5-16(6-4-12)11-15(21)18-8-7-17(13(2)19)9-14(20)10-18/h12,14,20H,3-11H2,1-2H3/t14-/m1/s1. The predicted octanol–water partition coefficient (Wildman–Crippen LogP) is -0.230. The zero-order valence-electron chi connectivity index (χ0n) is 13.1. The van der Waals surface area contributed by atoms with Crippen molar-refractivity contribution in [1.82, 2.24) is 14.7 Å². The molecule has 21 heavy (non-hydrogen) atoms. The molecule has 2 saturated heterocycles. The molecule has 120 valence electrons. The van der Waals surface area contributed by atoms with Crippen LogP contribution in [0.15, 0.2) is 0 Å². The Morgan fingerprint density at radius 3 is 2.24 bits per heavy atom. The van der Waals surface area contributed by atoms with Gasteiger partial charge >= 0.3 is 0 Å². The summed E-state index contributed by atoms with van der Waals surface area (Å²) in [4.78, 5) is 29.3. The molecule has 6 nitrogen and oxygen atoms in total. The van der Waals surface area contributed by atoms with Crippen molar-refractivity contribution < 1.29 is 14.7 Å². The molecule has 0 unspecified atom stereocenters. The summed E-state index contributed by atoms with van der Waals surface area (Å²) in [5, 5.41) is 9.97. The Hall–Kier alpha value is -1.14. The third-order valence-electron chi connectivity index (χ3n) is 4.54. The highest BCUT2D eigenvalue weighted by Crippen LogP contribution is 2.16. The van der Waals surface area contributed by atoms with E-state index in [1.165, 1.54) is 6.92 Å². The smallest absolute Gasteiger partial charge is 0.236 e. The number of carbonyl (C=O) groups is 2. The van der Waals surface area contributed by atoms with Crippen LogP contribution in [0, 0.1) is 5.92 Å². The van der Waals surface area contributed by atoms with Crippen LogP contribution in [0.2, 0.25) is 0 Å². The van der Waals surface area contributed by atoms with E-state index >= 15 is 0 Å². The van der Waals surface area contributed by atoms with Gasteiger partial charge in [0.2, 0.25) is 11.8 Å². The SMILES string of the molecule is CC(=O)N1CCN(C(=O)CN2CCC(C)CC2)C[C@H](O)C1. The van der Waals surface area contributed by atoms with Crippen LogP contribution < -0.4 is 0 Å². The van der Waals surface area contributed by atoms with Gasteiger partial charge in [-0.15, -0.1) is 0 Å². The Balaban J connectivity index is 1.85. The highest BCUT2D eigenvalue weighted by atomic mass is 16.3. The number of hydrogen-bond donors (Lipinski definition) is 1. The molecule has 0 aliphatic carbocycles. The van der Waals surface area contributed by atoms with E-state index in [0.717, 1.165) is 31.8 Å². The number of nitrogens with zero attached hydrogens (tertiary/aromatic N) is 3. The molecule has 2 rings (SSSR count). The molecular weight excluding hydrogens is 270 g/mol. The van der Waals surface area contributed by atoms with Gasteiger partial charge in [0.15, 0.2) is 0 Å². The van der Waals surface area contributed by atoms with E-state index in [1.54, 1.807) is 9.80 Å². The van der Waals surface area contributed by atoms with E-state index < -0.39 is 6.10 Å². The molecule has 6 heteroatoms. The Morgan fingerprint density at radius 1 is 1.05 bits per heavy atom. The van der Waals surface area contributed by atoms with Gasteiger partial charge in [-0.1, -0.05) is 6.92 Å². The van der Waals surface area contributed by atoms with Gasteiger partial charge in [0.1, 0.15) is 0 Å². The minimum Gasteiger partial charge on any atom is -0.389 e. The maximum absolute atomic E-state index is 12.4.